The second-order valence-corrected chi connectivity index (χ2v) is 4.29. The number of carbonyl (C=O) groups is 1. The van der Waals surface area contributed by atoms with Crippen molar-refractivity contribution in [1.82, 2.24) is 9.13 Å². The first-order chi connectivity index (χ1) is 8.11. The number of nitrogens with zero attached hydrogens (tertiary/aromatic N) is 2. The summed E-state index contributed by atoms with van der Waals surface area (Å²) >= 11 is 0. The van der Waals surface area contributed by atoms with Crippen molar-refractivity contribution in [3.63, 3.8) is 0 Å². The van der Waals surface area contributed by atoms with Gasteiger partial charge in [0.2, 0.25) is 0 Å². The molecule has 2 rings (SSSR count). The number of aryl methyl sites for hydroxylation is 2. The molecule has 0 amide bonds. The van der Waals surface area contributed by atoms with Crippen LogP contribution in [0.25, 0.3) is 11.0 Å². The molecule has 0 aliphatic carbocycles. The third kappa shape index (κ3) is 2.16. The molecule has 0 fully saturated rings. The molecule has 0 unspecified atom stereocenters. The Labute approximate surface area is 99.5 Å². The molecule has 0 saturated heterocycles. The maximum atomic E-state index is 12.0. The zero-order valence-electron chi connectivity index (χ0n) is 10.1. The molecule has 1 heterocycles. The summed E-state index contributed by atoms with van der Waals surface area (Å²) in [5, 5.41) is 0. The molecule has 0 atom stereocenters. The molecule has 17 heavy (non-hydrogen) atoms. The number of aromatic nitrogens is 2. The number of hydrogen-bond donors (Lipinski definition) is 0. The summed E-state index contributed by atoms with van der Waals surface area (Å²) in [6.45, 7) is 2.17. The third-order valence-electron chi connectivity index (χ3n) is 2.96. The molecule has 1 aromatic carbocycles. The number of fused-ring (bicyclic) bond motifs is 1. The van der Waals surface area contributed by atoms with E-state index in [4.69, 9.17) is 0 Å². The summed E-state index contributed by atoms with van der Waals surface area (Å²) in [6, 6.07) is 7.70. The molecular weight excluding hydrogens is 216 g/mol. The van der Waals surface area contributed by atoms with Gasteiger partial charge in [-0.2, -0.15) is 0 Å². The van der Waals surface area contributed by atoms with Gasteiger partial charge in [0, 0.05) is 20.0 Å². The van der Waals surface area contributed by atoms with E-state index < -0.39 is 0 Å². The number of hydrogen-bond acceptors (Lipinski definition) is 2. The summed E-state index contributed by atoms with van der Waals surface area (Å²) in [5.74, 6) is 0.165. The number of rotatable bonds is 4. The van der Waals surface area contributed by atoms with Gasteiger partial charge in [0.25, 0.3) is 0 Å². The predicted molar refractivity (Wildman–Crippen MR) is 67.1 cm³/mol. The average molecular weight is 232 g/mol. The molecular formula is C13H16N2O2. The SMILES string of the molecule is CC(=O)CCCn1c(=O)n(C)c2ccccc21. The van der Waals surface area contributed by atoms with E-state index in [-0.39, 0.29) is 11.5 Å². The maximum Gasteiger partial charge on any atom is 0.328 e. The van der Waals surface area contributed by atoms with Crippen molar-refractivity contribution in [3.05, 3.63) is 34.7 Å². The van der Waals surface area contributed by atoms with Crippen LogP contribution in [0, 0.1) is 0 Å². The van der Waals surface area contributed by atoms with Crippen LogP contribution in [0.3, 0.4) is 0 Å². The molecule has 0 radical (unpaired) electrons. The van der Waals surface area contributed by atoms with E-state index in [1.165, 1.54) is 0 Å². The molecule has 0 spiro atoms. The second kappa shape index (κ2) is 4.57. The van der Waals surface area contributed by atoms with Gasteiger partial charge >= 0.3 is 5.69 Å². The van der Waals surface area contributed by atoms with Crippen LogP contribution < -0.4 is 5.69 Å². The lowest BCUT2D eigenvalue weighted by molar-refractivity contribution is -0.117. The van der Waals surface area contributed by atoms with Crippen molar-refractivity contribution < 1.29 is 4.79 Å². The van der Waals surface area contributed by atoms with E-state index in [2.05, 4.69) is 0 Å². The van der Waals surface area contributed by atoms with Crippen LogP contribution in [-0.4, -0.2) is 14.9 Å². The molecule has 0 aliphatic rings. The van der Waals surface area contributed by atoms with Crippen molar-refractivity contribution in [3.8, 4) is 0 Å². The quantitative estimate of drug-likeness (QED) is 0.805. The summed E-state index contributed by atoms with van der Waals surface area (Å²) in [7, 11) is 1.77. The average Bonchev–Trinajstić information content (AvgIpc) is 2.54. The Morgan fingerprint density at radius 2 is 1.88 bits per heavy atom. The first-order valence-corrected chi connectivity index (χ1v) is 5.75. The van der Waals surface area contributed by atoms with E-state index in [1.54, 1.807) is 23.1 Å². The summed E-state index contributed by atoms with van der Waals surface area (Å²) in [5.41, 5.74) is 1.85. The van der Waals surface area contributed by atoms with Crippen LogP contribution in [0.5, 0.6) is 0 Å². The van der Waals surface area contributed by atoms with E-state index in [1.807, 2.05) is 24.3 Å². The standard InChI is InChI=1S/C13H16N2O2/c1-10(16)6-5-9-15-12-8-4-3-7-11(12)14(2)13(15)17/h3-4,7-8H,5-6,9H2,1-2H3. The van der Waals surface area contributed by atoms with Crippen LogP contribution in [-0.2, 0) is 18.4 Å². The highest BCUT2D eigenvalue weighted by Crippen LogP contribution is 2.12. The number of ketones is 1. The Morgan fingerprint density at radius 3 is 2.53 bits per heavy atom. The lowest BCUT2D eigenvalue weighted by Crippen LogP contribution is -2.22. The van der Waals surface area contributed by atoms with Crippen molar-refractivity contribution in [2.45, 2.75) is 26.3 Å². The molecule has 0 aliphatic heterocycles. The molecule has 0 saturated carbocycles. The van der Waals surface area contributed by atoms with Gasteiger partial charge in [0.15, 0.2) is 0 Å². The van der Waals surface area contributed by atoms with Crippen molar-refractivity contribution in [1.29, 1.82) is 0 Å². The molecule has 90 valence electrons. The highest BCUT2D eigenvalue weighted by molar-refractivity contribution is 5.76. The zero-order valence-corrected chi connectivity index (χ0v) is 10.1. The third-order valence-corrected chi connectivity index (χ3v) is 2.96. The Kier molecular flexibility index (Phi) is 3.13. The Hall–Kier alpha value is -1.84. The normalized spacial score (nSPS) is 10.9. The molecule has 2 aromatic rings. The monoisotopic (exact) mass is 232 g/mol. The van der Waals surface area contributed by atoms with Crippen molar-refractivity contribution >= 4 is 16.8 Å². The smallest absolute Gasteiger partial charge is 0.300 e. The van der Waals surface area contributed by atoms with Crippen molar-refractivity contribution in [2.75, 3.05) is 0 Å². The fraction of sp³-hybridized carbons (Fsp3) is 0.385. The van der Waals surface area contributed by atoms with Crippen LogP contribution >= 0.6 is 0 Å². The molecule has 4 nitrogen and oxygen atoms in total. The van der Waals surface area contributed by atoms with E-state index in [9.17, 15) is 9.59 Å². The summed E-state index contributed by atoms with van der Waals surface area (Å²) in [6.07, 6.45) is 1.24. The van der Waals surface area contributed by atoms with Crippen LogP contribution in [0.4, 0.5) is 0 Å². The lowest BCUT2D eigenvalue weighted by atomic mass is 10.2. The topological polar surface area (TPSA) is 44.0 Å². The first kappa shape index (κ1) is 11.6. The van der Waals surface area contributed by atoms with E-state index in [0.29, 0.717) is 19.4 Å². The number of para-hydroxylation sites is 2. The Balaban J connectivity index is 2.36. The number of imidazole rings is 1. The first-order valence-electron chi connectivity index (χ1n) is 5.75. The highest BCUT2D eigenvalue weighted by Gasteiger charge is 2.09. The van der Waals surface area contributed by atoms with E-state index >= 15 is 0 Å². The minimum Gasteiger partial charge on any atom is -0.300 e. The Bertz CT molecular complexity index is 607. The van der Waals surface area contributed by atoms with Gasteiger partial charge in [-0.05, 0) is 25.5 Å². The maximum absolute atomic E-state index is 12.0. The van der Waals surface area contributed by atoms with Crippen LogP contribution in [0.15, 0.2) is 29.1 Å². The largest absolute Gasteiger partial charge is 0.328 e. The predicted octanol–water partition coefficient (Wildman–Crippen LogP) is 1.71. The van der Waals surface area contributed by atoms with Gasteiger partial charge in [-0.1, -0.05) is 12.1 Å². The van der Waals surface area contributed by atoms with Crippen LogP contribution in [0.2, 0.25) is 0 Å². The fourth-order valence-corrected chi connectivity index (χ4v) is 2.07. The minimum absolute atomic E-state index is 0.0187. The number of Topliss-reactive ketones (excluding diaryl/α,β-unsaturated/α-hetero) is 1. The molecule has 0 N–H and O–H groups in total. The van der Waals surface area contributed by atoms with Crippen LogP contribution in [0.1, 0.15) is 19.8 Å². The zero-order chi connectivity index (χ0) is 12.4. The molecule has 4 heteroatoms. The fourth-order valence-electron chi connectivity index (χ4n) is 2.07. The second-order valence-electron chi connectivity index (χ2n) is 4.29. The summed E-state index contributed by atoms with van der Waals surface area (Å²) in [4.78, 5) is 22.9. The van der Waals surface area contributed by atoms with E-state index in [0.717, 1.165) is 11.0 Å². The minimum atomic E-state index is -0.0187. The van der Waals surface area contributed by atoms with Gasteiger partial charge in [0.1, 0.15) is 5.78 Å². The highest BCUT2D eigenvalue weighted by atomic mass is 16.1. The number of benzene rings is 1. The van der Waals surface area contributed by atoms with Crippen molar-refractivity contribution in [2.24, 2.45) is 7.05 Å². The van der Waals surface area contributed by atoms with Gasteiger partial charge in [-0.25, -0.2) is 4.79 Å². The molecule has 1 aromatic heterocycles. The van der Waals surface area contributed by atoms with Gasteiger partial charge in [-0.3, -0.25) is 9.13 Å². The number of carbonyl (C=O) groups excluding carboxylic acids is 1. The Morgan fingerprint density at radius 1 is 1.24 bits per heavy atom. The summed E-state index contributed by atoms with van der Waals surface area (Å²) < 4.78 is 3.38. The van der Waals surface area contributed by atoms with Gasteiger partial charge in [-0.15, -0.1) is 0 Å². The lowest BCUT2D eigenvalue weighted by Gasteiger charge is -2.01. The van der Waals surface area contributed by atoms with Gasteiger partial charge in [0.05, 0.1) is 11.0 Å². The molecule has 0 bridgehead atoms. The van der Waals surface area contributed by atoms with Gasteiger partial charge < -0.3 is 4.79 Å².